The fourth-order valence-corrected chi connectivity index (χ4v) is 2.33. The third kappa shape index (κ3) is 1.64. The van der Waals surface area contributed by atoms with Crippen molar-refractivity contribution in [1.82, 2.24) is 0 Å². The Morgan fingerprint density at radius 2 is 1.35 bits per heavy atom. The maximum absolute atomic E-state index is 12.1. The lowest BCUT2D eigenvalue weighted by atomic mass is 10.2. The highest BCUT2D eigenvalue weighted by Crippen LogP contribution is 2.28. The molecule has 0 aliphatic rings. The van der Waals surface area contributed by atoms with Crippen molar-refractivity contribution in [2.24, 2.45) is 0 Å². The Hall–Kier alpha value is -2.81. The van der Waals surface area contributed by atoms with Crippen LogP contribution >= 0.6 is 0 Å². The molecule has 4 aromatic rings. The van der Waals surface area contributed by atoms with Crippen LogP contribution in [0.2, 0.25) is 0 Å². The van der Waals surface area contributed by atoms with E-state index in [1.807, 2.05) is 42.5 Å². The van der Waals surface area contributed by atoms with E-state index in [0.29, 0.717) is 22.5 Å². The van der Waals surface area contributed by atoms with E-state index >= 15 is 0 Å². The number of furan rings is 1. The van der Waals surface area contributed by atoms with Crippen LogP contribution in [-0.4, -0.2) is 0 Å². The highest BCUT2D eigenvalue weighted by molar-refractivity contribution is 5.83. The van der Waals surface area contributed by atoms with Crippen molar-refractivity contribution in [3.63, 3.8) is 0 Å². The molecular weight excluding hydrogens is 252 g/mol. The number of fused-ring (bicyclic) bond motifs is 2. The monoisotopic (exact) mass is 262 g/mol. The standard InChI is InChI=1S/C17H10O3/c18-13-10-17(20-15-8-4-2-6-12(13)15)16-9-11-5-1-3-7-14(11)19-16/h1-10H. The lowest BCUT2D eigenvalue weighted by Gasteiger charge is -1.99. The van der Waals surface area contributed by atoms with E-state index in [4.69, 9.17) is 8.83 Å². The molecule has 0 bridgehead atoms. The summed E-state index contributed by atoms with van der Waals surface area (Å²) in [4.78, 5) is 12.1. The van der Waals surface area contributed by atoms with Crippen molar-refractivity contribution in [2.45, 2.75) is 0 Å². The van der Waals surface area contributed by atoms with Crippen molar-refractivity contribution >= 4 is 21.9 Å². The molecule has 0 fully saturated rings. The Bertz CT molecular complexity index is 943. The topological polar surface area (TPSA) is 43.4 Å². The van der Waals surface area contributed by atoms with Crippen LogP contribution in [0.3, 0.4) is 0 Å². The second-order valence-electron chi connectivity index (χ2n) is 4.62. The highest BCUT2D eigenvalue weighted by atomic mass is 16.4. The van der Waals surface area contributed by atoms with Gasteiger partial charge in [-0.25, -0.2) is 0 Å². The van der Waals surface area contributed by atoms with Crippen molar-refractivity contribution < 1.29 is 8.83 Å². The largest absolute Gasteiger partial charge is 0.453 e. The molecule has 0 unspecified atom stereocenters. The molecule has 96 valence electrons. The molecule has 0 atom stereocenters. The zero-order valence-corrected chi connectivity index (χ0v) is 10.5. The number of rotatable bonds is 1. The summed E-state index contributed by atoms with van der Waals surface area (Å²) in [6.07, 6.45) is 0. The molecule has 3 nitrogen and oxygen atoms in total. The molecule has 20 heavy (non-hydrogen) atoms. The predicted octanol–water partition coefficient (Wildman–Crippen LogP) is 4.21. The van der Waals surface area contributed by atoms with Gasteiger partial charge in [0.25, 0.3) is 0 Å². The Labute approximate surface area is 114 Å². The molecule has 0 aliphatic carbocycles. The molecule has 3 heteroatoms. The van der Waals surface area contributed by atoms with Crippen molar-refractivity contribution in [1.29, 1.82) is 0 Å². The minimum atomic E-state index is -0.0673. The lowest BCUT2D eigenvalue weighted by molar-refractivity contribution is 0.562. The van der Waals surface area contributed by atoms with Gasteiger partial charge in [-0.1, -0.05) is 30.3 Å². The van der Waals surface area contributed by atoms with E-state index in [9.17, 15) is 4.79 Å². The first-order valence-corrected chi connectivity index (χ1v) is 6.33. The van der Waals surface area contributed by atoms with E-state index in [0.717, 1.165) is 11.0 Å². The summed E-state index contributed by atoms with van der Waals surface area (Å²) >= 11 is 0. The van der Waals surface area contributed by atoms with Gasteiger partial charge in [0.05, 0.1) is 5.39 Å². The van der Waals surface area contributed by atoms with Gasteiger partial charge in [0.1, 0.15) is 11.2 Å². The molecule has 0 N–H and O–H groups in total. The molecule has 0 radical (unpaired) electrons. The van der Waals surface area contributed by atoms with E-state index in [1.165, 1.54) is 6.07 Å². The average Bonchev–Trinajstić information content (AvgIpc) is 2.91. The van der Waals surface area contributed by atoms with Crippen LogP contribution in [0.25, 0.3) is 33.5 Å². The molecule has 0 spiro atoms. The second kappa shape index (κ2) is 4.10. The lowest BCUT2D eigenvalue weighted by Crippen LogP contribution is -1.99. The first-order chi connectivity index (χ1) is 9.81. The molecule has 0 aliphatic heterocycles. The van der Waals surface area contributed by atoms with Gasteiger partial charge in [-0.2, -0.15) is 0 Å². The smallest absolute Gasteiger partial charge is 0.193 e. The van der Waals surface area contributed by atoms with Crippen LogP contribution in [0, 0.1) is 0 Å². The summed E-state index contributed by atoms with van der Waals surface area (Å²) in [5.74, 6) is 1.01. The van der Waals surface area contributed by atoms with Gasteiger partial charge in [0, 0.05) is 11.5 Å². The molecule has 0 amide bonds. The zero-order chi connectivity index (χ0) is 13.5. The van der Waals surface area contributed by atoms with Crippen LogP contribution in [-0.2, 0) is 0 Å². The predicted molar refractivity (Wildman–Crippen MR) is 77.7 cm³/mol. The maximum Gasteiger partial charge on any atom is 0.193 e. The van der Waals surface area contributed by atoms with Gasteiger partial charge < -0.3 is 8.83 Å². The first kappa shape index (κ1) is 11.1. The minimum Gasteiger partial charge on any atom is -0.453 e. The quantitative estimate of drug-likeness (QED) is 0.516. The highest BCUT2D eigenvalue weighted by Gasteiger charge is 2.11. The molecular formula is C17H10O3. The van der Waals surface area contributed by atoms with Gasteiger partial charge in [0.15, 0.2) is 16.9 Å². The van der Waals surface area contributed by atoms with Crippen LogP contribution in [0.5, 0.6) is 0 Å². The summed E-state index contributed by atoms with van der Waals surface area (Å²) in [7, 11) is 0. The van der Waals surface area contributed by atoms with Gasteiger partial charge in [-0.05, 0) is 24.3 Å². The van der Waals surface area contributed by atoms with Crippen molar-refractivity contribution in [2.75, 3.05) is 0 Å². The van der Waals surface area contributed by atoms with Gasteiger partial charge in [-0.15, -0.1) is 0 Å². The molecule has 0 saturated carbocycles. The Balaban J connectivity index is 1.99. The Morgan fingerprint density at radius 1 is 0.700 bits per heavy atom. The maximum atomic E-state index is 12.1. The normalized spacial score (nSPS) is 11.2. The fourth-order valence-electron chi connectivity index (χ4n) is 2.33. The molecule has 2 heterocycles. The summed E-state index contributed by atoms with van der Waals surface area (Å²) in [5.41, 5.74) is 1.27. The van der Waals surface area contributed by atoms with Crippen molar-refractivity contribution in [3.8, 4) is 11.5 Å². The van der Waals surface area contributed by atoms with E-state index < -0.39 is 0 Å². The summed E-state index contributed by atoms with van der Waals surface area (Å²) in [5, 5.41) is 1.56. The average molecular weight is 262 g/mol. The molecule has 2 aromatic carbocycles. The Morgan fingerprint density at radius 3 is 2.20 bits per heavy atom. The summed E-state index contributed by atoms with van der Waals surface area (Å²) < 4.78 is 11.5. The van der Waals surface area contributed by atoms with Crippen LogP contribution in [0.4, 0.5) is 0 Å². The fraction of sp³-hybridized carbons (Fsp3) is 0. The summed E-state index contributed by atoms with van der Waals surface area (Å²) in [6, 6.07) is 18.2. The minimum absolute atomic E-state index is 0.0673. The van der Waals surface area contributed by atoms with Crippen LogP contribution in [0.15, 0.2) is 74.3 Å². The number of para-hydroxylation sites is 2. The molecule has 4 rings (SSSR count). The zero-order valence-electron chi connectivity index (χ0n) is 10.5. The van der Waals surface area contributed by atoms with E-state index in [-0.39, 0.29) is 5.43 Å². The van der Waals surface area contributed by atoms with Crippen molar-refractivity contribution in [3.05, 3.63) is 70.9 Å². The van der Waals surface area contributed by atoms with Gasteiger partial charge >= 0.3 is 0 Å². The van der Waals surface area contributed by atoms with Crippen LogP contribution in [0.1, 0.15) is 0 Å². The number of hydrogen-bond acceptors (Lipinski definition) is 3. The first-order valence-electron chi connectivity index (χ1n) is 6.33. The third-order valence-corrected chi connectivity index (χ3v) is 3.30. The number of benzene rings is 2. The Kier molecular flexibility index (Phi) is 2.27. The molecule has 0 saturated heterocycles. The van der Waals surface area contributed by atoms with Crippen LogP contribution < -0.4 is 5.43 Å². The summed E-state index contributed by atoms with van der Waals surface area (Å²) in [6.45, 7) is 0. The third-order valence-electron chi connectivity index (χ3n) is 3.30. The number of hydrogen-bond donors (Lipinski definition) is 0. The van der Waals surface area contributed by atoms with E-state index in [2.05, 4.69) is 0 Å². The molecule has 2 aromatic heterocycles. The SMILES string of the molecule is O=c1cc(-c2cc3ccccc3o2)oc2ccccc12. The van der Waals surface area contributed by atoms with E-state index in [1.54, 1.807) is 12.1 Å². The van der Waals surface area contributed by atoms with Gasteiger partial charge in [0.2, 0.25) is 0 Å². The second-order valence-corrected chi connectivity index (χ2v) is 4.62. The van der Waals surface area contributed by atoms with Gasteiger partial charge in [-0.3, -0.25) is 4.79 Å².